The van der Waals surface area contributed by atoms with E-state index in [4.69, 9.17) is 0 Å². The molecule has 4 rings (SSSR count). The van der Waals surface area contributed by atoms with Crippen LogP contribution >= 0.6 is 11.3 Å². The Morgan fingerprint density at radius 2 is 1.92 bits per heavy atom. The summed E-state index contributed by atoms with van der Waals surface area (Å²) in [5, 5.41) is 11.9. The molecule has 2 aliphatic rings. The van der Waals surface area contributed by atoms with Gasteiger partial charge in [-0.2, -0.15) is 0 Å². The number of carbonyl (C=O) groups is 2. The highest BCUT2D eigenvalue weighted by Crippen LogP contribution is 2.43. The molecule has 3 heterocycles. The van der Waals surface area contributed by atoms with Gasteiger partial charge in [-0.3, -0.25) is 14.5 Å². The summed E-state index contributed by atoms with van der Waals surface area (Å²) in [5.41, 5.74) is 0.360. The summed E-state index contributed by atoms with van der Waals surface area (Å²) in [4.78, 5) is 29.7. The van der Waals surface area contributed by atoms with Gasteiger partial charge in [0.15, 0.2) is 0 Å². The van der Waals surface area contributed by atoms with Crippen molar-refractivity contribution in [2.24, 2.45) is 11.3 Å². The molecule has 26 heavy (non-hydrogen) atoms. The normalized spacial score (nSPS) is 25.4. The highest BCUT2D eigenvalue weighted by molar-refractivity contribution is 7.10. The van der Waals surface area contributed by atoms with Gasteiger partial charge in [-0.05, 0) is 17.0 Å². The molecule has 1 aromatic heterocycles. The van der Waals surface area contributed by atoms with E-state index in [1.54, 1.807) is 16.2 Å². The minimum absolute atomic E-state index is 0.00371. The van der Waals surface area contributed by atoms with Crippen molar-refractivity contribution in [3.8, 4) is 0 Å². The molecule has 5 nitrogen and oxygen atoms in total. The number of rotatable bonds is 5. The highest BCUT2D eigenvalue weighted by atomic mass is 32.1. The molecule has 0 unspecified atom stereocenters. The van der Waals surface area contributed by atoms with Gasteiger partial charge in [0.05, 0.1) is 6.42 Å². The monoisotopic (exact) mass is 370 g/mol. The zero-order valence-corrected chi connectivity index (χ0v) is 15.3. The van der Waals surface area contributed by atoms with Crippen LogP contribution in [0.2, 0.25) is 0 Å². The molecule has 0 spiro atoms. The molecule has 136 valence electrons. The fourth-order valence-corrected chi connectivity index (χ4v) is 4.99. The summed E-state index contributed by atoms with van der Waals surface area (Å²) in [6.45, 7) is 2.86. The Labute approximate surface area is 156 Å². The Kier molecular flexibility index (Phi) is 4.54. The Morgan fingerprint density at radius 1 is 1.12 bits per heavy atom. The van der Waals surface area contributed by atoms with E-state index in [9.17, 15) is 14.7 Å². The van der Waals surface area contributed by atoms with Gasteiger partial charge in [-0.1, -0.05) is 36.4 Å². The molecule has 0 saturated carbocycles. The summed E-state index contributed by atoms with van der Waals surface area (Å²) in [5.74, 6) is -0.738. The zero-order valence-electron chi connectivity index (χ0n) is 14.5. The molecule has 1 N–H and O–H groups in total. The SMILES string of the molecule is O=C(Cc1cccs1)N1C[C@@H]2CN(Cc3ccccc3)C[C@]2(C(=O)O)C1. The first-order chi connectivity index (χ1) is 12.6. The summed E-state index contributed by atoms with van der Waals surface area (Å²) in [6, 6.07) is 14.0. The first kappa shape index (κ1) is 17.2. The predicted molar refractivity (Wildman–Crippen MR) is 99.9 cm³/mol. The van der Waals surface area contributed by atoms with Gasteiger partial charge in [0.2, 0.25) is 5.91 Å². The number of nitrogens with zero attached hydrogens (tertiary/aromatic N) is 2. The van der Waals surface area contributed by atoms with Crippen LogP contribution in [0.15, 0.2) is 47.8 Å². The van der Waals surface area contributed by atoms with Crippen LogP contribution in [0.25, 0.3) is 0 Å². The predicted octanol–water partition coefficient (Wildman–Crippen LogP) is 2.34. The maximum Gasteiger partial charge on any atom is 0.313 e. The Hall–Kier alpha value is -2.18. The number of amides is 1. The van der Waals surface area contributed by atoms with E-state index in [2.05, 4.69) is 17.0 Å². The van der Waals surface area contributed by atoms with Gasteiger partial charge in [0.1, 0.15) is 5.41 Å². The number of thiophene rings is 1. The number of fused-ring (bicyclic) bond motifs is 1. The number of carboxylic acid groups (broad SMARTS) is 1. The first-order valence-electron chi connectivity index (χ1n) is 8.87. The molecule has 0 aliphatic carbocycles. The van der Waals surface area contributed by atoms with E-state index in [1.165, 1.54) is 5.56 Å². The van der Waals surface area contributed by atoms with Gasteiger partial charge in [-0.15, -0.1) is 11.3 Å². The molecular formula is C20H22N2O3S. The van der Waals surface area contributed by atoms with Crippen molar-refractivity contribution in [2.75, 3.05) is 26.2 Å². The Morgan fingerprint density at radius 3 is 2.58 bits per heavy atom. The Balaban J connectivity index is 1.45. The number of carbonyl (C=O) groups excluding carboxylic acids is 1. The average Bonchev–Trinajstić information content (AvgIpc) is 3.30. The lowest BCUT2D eigenvalue weighted by Gasteiger charge is -2.25. The molecule has 6 heteroatoms. The molecule has 0 radical (unpaired) electrons. The number of likely N-dealkylation sites (tertiary alicyclic amines) is 2. The smallest absolute Gasteiger partial charge is 0.313 e. The van der Waals surface area contributed by atoms with Crippen LogP contribution in [0.3, 0.4) is 0 Å². The van der Waals surface area contributed by atoms with Crippen LogP contribution < -0.4 is 0 Å². The number of aliphatic carboxylic acids is 1. The maximum absolute atomic E-state index is 12.6. The third-order valence-electron chi connectivity index (χ3n) is 5.61. The summed E-state index contributed by atoms with van der Waals surface area (Å²) < 4.78 is 0. The second-order valence-corrected chi connectivity index (χ2v) is 8.38. The molecule has 2 saturated heterocycles. The highest BCUT2D eigenvalue weighted by Gasteiger charge is 2.58. The lowest BCUT2D eigenvalue weighted by atomic mass is 9.81. The van der Waals surface area contributed by atoms with Crippen LogP contribution in [0.5, 0.6) is 0 Å². The Bertz CT molecular complexity index is 793. The first-order valence-corrected chi connectivity index (χ1v) is 9.75. The summed E-state index contributed by atoms with van der Waals surface area (Å²) in [7, 11) is 0. The third kappa shape index (κ3) is 3.15. The molecule has 1 aromatic carbocycles. The molecule has 2 atom stereocenters. The number of benzene rings is 1. The maximum atomic E-state index is 12.6. The lowest BCUT2D eigenvalue weighted by Crippen LogP contribution is -2.42. The van der Waals surface area contributed by atoms with Gasteiger partial charge in [0.25, 0.3) is 0 Å². The number of hydrogen-bond acceptors (Lipinski definition) is 4. The van der Waals surface area contributed by atoms with Crippen LogP contribution in [-0.4, -0.2) is 53.0 Å². The van der Waals surface area contributed by atoms with E-state index in [1.807, 2.05) is 35.7 Å². The van der Waals surface area contributed by atoms with Crippen molar-refractivity contribution in [2.45, 2.75) is 13.0 Å². The second kappa shape index (κ2) is 6.85. The van der Waals surface area contributed by atoms with Crippen LogP contribution in [0.4, 0.5) is 0 Å². The minimum Gasteiger partial charge on any atom is -0.481 e. The summed E-state index contributed by atoms with van der Waals surface area (Å²) >= 11 is 1.57. The minimum atomic E-state index is -0.833. The van der Waals surface area contributed by atoms with E-state index in [0.717, 1.165) is 18.0 Å². The van der Waals surface area contributed by atoms with Gasteiger partial charge < -0.3 is 10.0 Å². The van der Waals surface area contributed by atoms with Gasteiger partial charge >= 0.3 is 5.97 Å². The third-order valence-corrected chi connectivity index (χ3v) is 6.49. The van der Waals surface area contributed by atoms with E-state index >= 15 is 0 Å². The van der Waals surface area contributed by atoms with Crippen LogP contribution in [0.1, 0.15) is 10.4 Å². The molecule has 2 aliphatic heterocycles. The quantitative estimate of drug-likeness (QED) is 0.878. The van der Waals surface area contributed by atoms with Crippen molar-refractivity contribution in [3.05, 3.63) is 58.3 Å². The molecular weight excluding hydrogens is 348 g/mol. The molecule has 1 amide bonds. The van der Waals surface area contributed by atoms with Crippen molar-refractivity contribution >= 4 is 23.2 Å². The van der Waals surface area contributed by atoms with Gasteiger partial charge in [-0.25, -0.2) is 0 Å². The topological polar surface area (TPSA) is 60.9 Å². The van der Waals surface area contributed by atoms with Crippen molar-refractivity contribution in [3.63, 3.8) is 0 Å². The fourth-order valence-electron chi connectivity index (χ4n) is 4.30. The molecule has 2 aromatic rings. The lowest BCUT2D eigenvalue weighted by molar-refractivity contribution is -0.149. The average molecular weight is 370 g/mol. The van der Waals surface area contributed by atoms with Crippen molar-refractivity contribution in [1.82, 2.24) is 9.80 Å². The van der Waals surface area contributed by atoms with Crippen molar-refractivity contribution < 1.29 is 14.7 Å². The zero-order chi connectivity index (χ0) is 18.1. The van der Waals surface area contributed by atoms with E-state index in [0.29, 0.717) is 26.1 Å². The van der Waals surface area contributed by atoms with Crippen LogP contribution in [-0.2, 0) is 22.6 Å². The molecule has 2 fully saturated rings. The van der Waals surface area contributed by atoms with E-state index < -0.39 is 11.4 Å². The van der Waals surface area contributed by atoms with Crippen LogP contribution in [0, 0.1) is 11.3 Å². The number of hydrogen-bond donors (Lipinski definition) is 1. The van der Waals surface area contributed by atoms with E-state index in [-0.39, 0.29) is 11.8 Å². The van der Waals surface area contributed by atoms with Crippen molar-refractivity contribution in [1.29, 1.82) is 0 Å². The van der Waals surface area contributed by atoms with Gasteiger partial charge in [0, 0.05) is 43.5 Å². The fraction of sp³-hybridized carbons (Fsp3) is 0.400. The second-order valence-electron chi connectivity index (χ2n) is 7.34. The molecule has 0 bridgehead atoms. The largest absolute Gasteiger partial charge is 0.481 e. The number of carboxylic acids is 1. The standard InChI is InChI=1S/C20H22N2O3S/c23-18(9-17-7-4-8-26-17)22-12-16-11-21(10-15-5-2-1-3-6-15)13-20(16,14-22)19(24)25/h1-8,16H,9-14H2,(H,24,25)/t16-,20-/m0/s1. The summed E-state index contributed by atoms with van der Waals surface area (Å²) in [6.07, 6.45) is 0.369.